The van der Waals surface area contributed by atoms with Gasteiger partial charge in [0.15, 0.2) is 0 Å². The van der Waals surface area contributed by atoms with Crippen LogP contribution in [-0.2, 0) is 0 Å². The first kappa shape index (κ1) is 13.4. The third-order valence-electron chi connectivity index (χ3n) is 2.72. The predicted octanol–water partition coefficient (Wildman–Crippen LogP) is 1.56. The lowest BCUT2D eigenvalue weighted by atomic mass is 9.96. The maximum absolute atomic E-state index is 11.8. The molecule has 2 amide bonds. The first-order chi connectivity index (χ1) is 8.43. The summed E-state index contributed by atoms with van der Waals surface area (Å²) in [5, 5.41) is 21.9. The molecule has 0 aliphatic carbocycles. The van der Waals surface area contributed by atoms with Crippen LogP contribution >= 0.6 is 23.2 Å². The summed E-state index contributed by atoms with van der Waals surface area (Å²) in [5.74, 6) is 0. The van der Waals surface area contributed by atoms with Gasteiger partial charge in [0, 0.05) is 5.02 Å². The van der Waals surface area contributed by atoms with Gasteiger partial charge in [0.1, 0.15) is 5.60 Å². The molecule has 18 heavy (non-hydrogen) atoms. The monoisotopic (exact) mass is 290 g/mol. The second-order valence-corrected chi connectivity index (χ2v) is 5.14. The summed E-state index contributed by atoms with van der Waals surface area (Å²) in [5.41, 5.74) is -0.774. The molecule has 1 fully saturated rings. The molecule has 7 heteroatoms. The number of β-amino-alcohol motifs (C(OH)–C–C–N with tert-alkyl or cyclic N) is 1. The molecule has 0 radical (unpaired) electrons. The summed E-state index contributed by atoms with van der Waals surface area (Å²) in [6.45, 7) is -0.185. The zero-order valence-electron chi connectivity index (χ0n) is 9.36. The third kappa shape index (κ3) is 2.70. The van der Waals surface area contributed by atoms with Crippen molar-refractivity contribution in [1.29, 1.82) is 0 Å². The van der Waals surface area contributed by atoms with Gasteiger partial charge in [0.2, 0.25) is 0 Å². The van der Waals surface area contributed by atoms with Gasteiger partial charge in [-0.15, -0.1) is 0 Å². The number of halogens is 2. The number of aliphatic hydroxyl groups excluding tert-OH is 1. The molecule has 0 unspecified atom stereocenters. The molecule has 1 aliphatic heterocycles. The smallest absolute Gasteiger partial charge is 0.322 e. The molecule has 5 nitrogen and oxygen atoms in total. The van der Waals surface area contributed by atoms with Crippen LogP contribution < -0.4 is 5.32 Å². The lowest BCUT2D eigenvalue weighted by Gasteiger charge is -2.45. The van der Waals surface area contributed by atoms with Crippen molar-refractivity contribution in [1.82, 2.24) is 4.90 Å². The molecule has 0 saturated carbocycles. The van der Waals surface area contributed by atoms with Gasteiger partial charge in [-0.05, 0) is 18.2 Å². The predicted molar refractivity (Wildman–Crippen MR) is 69.1 cm³/mol. The minimum atomic E-state index is -1.19. The number of amides is 2. The summed E-state index contributed by atoms with van der Waals surface area (Å²) >= 11 is 11.7. The molecule has 98 valence electrons. The molecule has 2 rings (SSSR count). The number of nitrogens with one attached hydrogen (secondary N) is 1. The van der Waals surface area contributed by atoms with Crippen LogP contribution in [0, 0.1) is 0 Å². The van der Waals surface area contributed by atoms with Crippen LogP contribution in [0.4, 0.5) is 10.5 Å². The summed E-state index contributed by atoms with van der Waals surface area (Å²) in [4.78, 5) is 13.2. The summed E-state index contributed by atoms with van der Waals surface area (Å²) in [6, 6.07) is 4.35. The number of rotatable bonds is 2. The fourth-order valence-electron chi connectivity index (χ4n) is 1.70. The second-order valence-electron chi connectivity index (χ2n) is 4.29. The highest BCUT2D eigenvalue weighted by molar-refractivity contribution is 6.35. The molecular weight excluding hydrogens is 279 g/mol. The van der Waals surface area contributed by atoms with E-state index in [1.54, 1.807) is 18.2 Å². The maximum atomic E-state index is 11.8. The Kier molecular flexibility index (Phi) is 3.68. The van der Waals surface area contributed by atoms with E-state index in [0.29, 0.717) is 15.7 Å². The molecule has 0 atom stereocenters. The van der Waals surface area contributed by atoms with E-state index in [4.69, 9.17) is 28.3 Å². The Balaban J connectivity index is 1.99. The van der Waals surface area contributed by atoms with Gasteiger partial charge in [-0.2, -0.15) is 0 Å². The molecule has 1 aliphatic rings. The van der Waals surface area contributed by atoms with Crippen molar-refractivity contribution in [3.63, 3.8) is 0 Å². The number of nitrogens with zero attached hydrogens (tertiary/aromatic N) is 1. The van der Waals surface area contributed by atoms with E-state index in [1.807, 2.05) is 0 Å². The van der Waals surface area contributed by atoms with Crippen LogP contribution in [-0.4, -0.2) is 46.4 Å². The number of urea groups is 1. The molecule has 0 bridgehead atoms. The largest absolute Gasteiger partial charge is 0.393 e. The fraction of sp³-hybridized carbons (Fsp3) is 0.364. The van der Waals surface area contributed by atoms with E-state index in [0.717, 1.165) is 0 Å². The number of carbonyl (C=O) groups excluding carboxylic acids is 1. The van der Waals surface area contributed by atoms with Gasteiger partial charge >= 0.3 is 6.03 Å². The lowest BCUT2D eigenvalue weighted by Crippen LogP contribution is -2.66. The van der Waals surface area contributed by atoms with Crippen LogP contribution in [0.25, 0.3) is 0 Å². The molecular formula is C11H12Cl2N2O3. The van der Waals surface area contributed by atoms with Gasteiger partial charge < -0.3 is 20.4 Å². The number of carbonyl (C=O) groups is 1. The fourth-order valence-corrected chi connectivity index (χ4v) is 2.03. The zero-order valence-corrected chi connectivity index (χ0v) is 10.9. The molecule has 1 aromatic rings. The van der Waals surface area contributed by atoms with Crippen LogP contribution in [0.2, 0.25) is 10.0 Å². The van der Waals surface area contributed by atoms with Crippen LogP contribution in [0.5, 0.6) is 0 Å². The van der Waals surface area contributed by atoms with Gasteiger partial charge in [0.05, 0.1) is 30.4 Å². The average molecular weight is 291 g/mol. The van der Waals surface area contributed by atoms with Crippen molar-refractivity contribution in [3.05, 3.63) is 28.2 Å². The molecule has 3 N–H and O–H groups in total. The zero-order chi connectivity index (χ0) is 13.3. The normalized spacial score (nSPS) is 17.2. The van der Waals surface area contributed by atoms with Gasteiger partial charge in [-0.25, -0.2) is 4.79 Å². The number of anilines is 1. The van der Waals surface area contributed by atoms with Gasteiger partial charge in [0.25, 0.3) is 0 Å². The van der Waals surface area contributed by atoms with Crippen LogP contribution in [0.3, 0.4) is 0 Å². The van der Waals surface area contributed by atoms with Gasteiger partial charge in [-0.3, -0.25) is 0 Å². The molecule has 1 aromatic carbocycles. The van der Waals surface area contributed by atoms with Crippen molar-refractivity contribution in [3.8, 4) is 0 Å². The maximum Gasteiger partial charge on any atom is 0.322 e. The van der Waals surface area contributed by atoms with Gasteiger partial charge in [-0.1, -0.05) is 23.2 Å². The summed E-state index contributed by atoms with van der Waals surface area (Å²) < 4.78 is 0. The van der Waals surface area contributed by atoms with E-state index in [-0.39, 0.29) is 19.7 Å². The number of hydrogen-bond donors (Lipinski definition) is 3. The van der Waals surface area contributed by atoms with E-state index in [1.165, 1.54) is 4.90 Å². The van der Waals surface area contributed by atoms with Crippen molar-refractivity contribution < 1.29 is 15.0 Å². The van der Waals surface area contributed by atoms with E-state index < -0.39 is 11.6 Å². The second kappa shape index (κ2) is 4.93. The van der Waals surface area contributed by atoms with E-state index in [9.17, 15) is 9.90 Å². The third-order valence-corrected chi connectivity index (χ3v) is 3.29. The molecule has 1 saturated heterocycles. The molecule has 0 spiro atoms. The number of benzene rings is 1. The number of hydrogen-bond acceptors (Lipinski definition) is 3. The minimum absolute atomic E-state index is 0.0908. The Hall–Kier alpha value is -1.01. The minimum Gasteiger partial charge on any atom is -0.393 e. The van der Waals surface area contributed by atoms with Crippen molar-refractivity contribution in [2.75, 3.05) is 25.0 Å². The quantitative estimate of drug-likeness (QED) is 0.774. The Morgan fingerprint density at radius 3 is 2.72 bits per heavy atom. The van der Waals surface area contributed by atoms with Crippen LogP contribution in [0.15, 0.2) is 18.2 Å². The first-order valence-electron chi connectivity index (χ1n) is 5.28. The van der Waals surface area contributed by atoms with E-state index >= 15 is 0 Å². The summed E-state index contributed by atoms with van der Waals surface area (Å²) in [7, 11) is 0. The topological polar surface area (TPSA) is 72.8 Å². The number of aliphatic hydroxyl groups is 2. The Bertz CT molecular complexity index is 475. The Morgan fingerprint density at radius 2 is 2.11 bits per heavy atom. The van der Waals surface area contributed by atoms with Crippen LogP contribution in [0.1, 0.15) is 0 Å². The highest BCUT2D eigenvalue weighted by atomic mass is 35.5. The number of likely N-dealkylation sites (tertiary alicyclic amines) is 1. The standard InChI is InChI=1S/C11H12Cl2N2O3/c12-7-1-2-8(13)9(3-7)14-10(17)15-4-11(18,5-15)6-16/h1-3,16,18H,4-6H2,(H,14,17). The molecule has 0 aromatic heterocycles. The van der Waals surface area contributed by atoms with Crippen molar-refractivity contribution in [2.24, 2.45) is 0 Å². The Labute approximate surface area is 114 Å². The highest BCUT2D eigenvalue weighted by Crippen LogP contribution is 2.27. The van der Waals surface area contributed by atoms with Crippen molar-refractivity contribution >= 4 is 34.9 Å². The lowest BCUT2D eigenvalue weighted by molar-refractivity contribution is -0.105. The Morgan fingerprint density at radius 1 is 1.44 bits per heavy atom. The summed E-state index contributed by atoms with van der Waals surface area (Å²) in [6.07, 6.45) is 0. The van der Waals surface area contributed by atoms with E-state index in [2.05, 4.69) is 5.32 Å². The average Bonchev–Trinajstić information content (AvgIpc) is 2.29. The highest BCUT2D eigenvalue weighted by Gasteiger charge is 2.43. The first-order valence-corrected chi connectivity index (χ1v) is 6.03. The SMILES string of the molecule is O=C(Nc1cc(Cl)ccc1Cl)N1CC(O)(CO)C1. The molecule has 1 heterocycles. The van der Waals surface area contributed by atoms with Crippen molar-refractivity contribution in [2.45, 2.75) is 5.60 Å².